The molecular weight excluding hydrogens is 264 g/mol. The van der Waals surface area contributed by atoms with Gasteiger partial charge in [-0.3, -0.25) is 5.10 Å². The van der Waals surface area contributed by atoms with Crippen molar-refractivity contribution in [2.75, 3.05) is 5.73 Å². The van der Waals surface area contributed by atoms with Crippen molar-refractivity contribution in [2.24, 2.45) is 0 Å². The average molecular weight is 276 g/mol. The van der Waals surface area contributed by atoms with Crippen molar-refractivity contribution in [1.29, 1.82) is 0 Å². The highest BCUT2D eigenvalue weighted by molar-refractivity contribution is 5.83. The van der Waals surface area contributed by atoms with Crippen molar-refractivity contribution >= 4 is 16.9 Å². The molecule has 0 aliphatic heterocycles. The number of aromatic nitrogens is 5. The van der Waals surface area contributed by atoms with E-state index in [1.807, 2.05) is 36.5 Å². The molecule has 0 aliphatic rings. The van der Waals surface area contributed by atoms with Crippen LogP contribution in [0.4, 0.5) is 5.82 Å². The molecule has 0 atom stereocenters. The molecule has 0 bridgehead atoms. The molecule has 0 fully saturated rings. The first kappa shape index (κ1) is 11.7. The van der Waals surface area contributed by atoms with Gasteiger partial charge in [0.25, 0.3) is 0 Å². The zero-order valence-electron chi connectivity index (χ0n) is 11.0. The zero-order valence-corrected chi connectivity index (χ0v) is 11.0. The maximum atomic E-state index is 6.00. The number of anilines is 1. The molecule has 4 aromatic rings. The molecule has 4 rings (SSSR count). The lowest BCUT2D eigenvalue weighted by Crippen LogP contribution is -1.95. The van der Waals surface area contributed by atoms with Crippen molar-refractivity contribution < 1.29 is 0 Å². The van der Waals surface area contributed by atoms with E-state index in [9.17, 15) is 0 Å². The Morgan fingerprint density at radius 2 is 1.95 bits per heavy atom. The van der Waals surface area contributed by atoms with Gasteiger partial charge in [-0.25, -0.2) is 9.97 Å². The van der Waals surface area contributed by atoms with Crippen LogP contribution in [0.15, 0.2) is 48.9 Å². The molecule has 0 saturated carbocycles. The second-order valence-corrected chi connectivity index (χ2v) is 4.75. The monoisotopic (exact) mass is 276 g/mol. The van der Waals surface area contributed by atoms with Gasteiger partial charge in [0.05, 0.1) is 22.8 Å². The van der Waals surface area contributed by atoms with Crippen molar-refractivity contribution in [3.05, 3.63) is 48.9 Å². The molecule has 3 aromatic heterocycles. The maximum absolute atomic E-state index is 6.00. The van der Waals surface area contributed by atoms with Crippen LogP contribution < -0.4 is 5.73 Å². The van der Waals surface area contributed by atoms with E-state index in [0.29, 0.717) is 11.6 Å². The van der Waals surface area contributed by atoms with Gasteiger partial charge in [0, 0.05) is 23.5 Å². The predicted octanol–water partition coefficient (Wildman–Crippen LogP) is 2.60. The first-order chi connectivity index (χ1) is 10.3. The first-order valence-electron chi connectivity index (χ1n) is 6.51. The van der Waals surface area contributed by atoms with Crippen LogP contribution in [0.2, 0.25) is 0 Å². The highest BCUT2D eigenvalue weighted by Gasteiger charge is 2.11. The van der Waals surface area contributed by atoms with Crippen LogP contribution >= 0.6 is 0 Å². The molecule has 6 heteroatoms. The molecule has 0 spiro atoms. The summed E-state index contributed by atoms with van der Waals surface area (Å²) in [5.74, 6) is 1.16. The molecule has 102 valence electrons. The number of imidazole rings is 1. The summed E-state index contributed by atoms with van der Waals surface area (Å²) in [6, 6.07) is 9.82. The Labute approximate surface area is 120 Å². The Balaban J connectivity index is 1.89. The summed E-state index contributed by atoms with van der Waals surface area (Å²) in [5, 5.41) is 6.74. The normalized spacial score (nSPS) is 11.0. The van der Waals surface area contributed by atoms with Gasteiger partial charge in [0.1, 0.15) is 11.6 Å². The summed E-state index contributed by atoms with van der Waals surface area (Å²) in [6.45, 7) is 0. The lowest BCUT2D eigenvalue weighted by atomic mass is 10.1. The minimum atomic E-state index is 0.446. The van der Waals surface area contributed by atoms with Crippen LogP contribution in [0.5, 0.6) is 0 Å². The van der Waals surface area contributed by atoms with Gasteiger partial charge < -0.3 is 10.7 Å². The largest absolute Gasteiger partial charge is 0.383 e. The van der Waals surface area contributed by atoms with Crippen molar-refractivity contribution in [3.63, 3.8) is 0 Å². The van der Waals surface area contributed by atoms with Gasteiger partial charge in [-0.15, -0.1) is 0 Å². The quantitative estimate of drug-likeness (QED) is 0.524. The molecule has 21 heavy (non-hydrogen) atoms. The van der Waals surface area contributed by atoms with Gasteiger partial charge in [0.15, 0.2) is 0 Å². The lowest BCUT2D eigenvalue weighted by Gasteiger charge is -2.04. The fourth-order valence-electron chi connectivity index (χ4n) is 2.31. The molecule has 4 N–H and O–H groups in total. The molecule has 6 nitrogen and oxygen atoms in total. The van der Waals surface area contributed by atoms with Crippen molar-refractivity contribution in [2.45, 2.75) is 0 Å². The number of nitrogens with two attached hydrogens (primary N) is 1. The van der Waals surface area contributed by atoms with Gasteiger partial charge >= 0.3 is 0 Å². The third-order valence-electron chi connectivity index (χ3n) is 3.39. The summed E-state index contributed by atoms with van der Waals surface area (Å²) in [7, 11) is 0. The summed E-state index contributed by atoms with van der Waals surface area (Å²) >= 11 is 0. The van der Waals surface area contributed by atoms with Crippen LogP contribution in [0.3, 0.4) is 0 Å². The number of para-hydroxylation sites is 2. The molecular formula is C15H12N6. The smallest absolute Gasteiger partial charge is 0.142 e. The van der Waals surface area contributed by atoms with Crippen LogP contribution in [0.1, 0.15) is 0 Å². The molecule has 0 amide bonds. The number of nitrogens with zero attached hydrogens (tertiary/aromatic N) is 3. The fourth-order valence-corrected chi connectivity index (χ4v) is 2.31. The minimum absolute atomic E-state index is 0.446. The van der Waals surface area contributed by atoms with Gasteiger partial charge in [-0.1, -0.05) is 12.1 Å². The fraction of sp³-hybridized carbons (Fsp3) is 0. The molecule has 1 aromatic carbocycles. The van der Waals surface area contributed by atoms with Crippen LogP contribution in [-0.2, 0) is 0 Å². The minimum Gasteiger partial charge on any atom is -0.383 e. The van der Waals surface area contributed by atoms with Crippen molar-refractivity contribution in [1.82, 2.24) is 25.1 Å². The third-order valence-corrected chi connectivity index (χ3v) is 3.39. The molecule has 0 aliphatic carbocycles. The highest BCUT2D eigenvalue weighted by atomic mass is 15.1. The maximum Gasteiger partial charge on any atom is 0.142 e. The molecule has 0 radical (unpaired) electrons. The number of nitrogen functional groups attached to an aromatic ring is 1. The van der Waals surface area contributed by atoms with Crippen LogP contribution in [0, 0.1) is 0 Å². The Morgan fingerprint density at radius 1 is 1.05 bits per heavy atom. The average Bonchev–Trinajstić information content (AvgIpc) is 3.17. The second-order valence-electron chi connectivity index (χ2n) is 4.75. The SMILES string of the molecule is Nc1ncc(-c2cn[nH]c2)cc1-c1nc2ccccc2[nH]1. The number of fused-ring (bicyclic) bond motifs is 1. The van der Waals surface area contributed by atoms with E-state index >= 15 is 0 Å². The second kappa shape index (κ2) is 4.45. The van der Waals surface area contributed by atoms with E-state index in [4.69, 9.17) is 5.73 Å². The Morgan fingerprint density at radius 3 is 2.76 bits per heavy atom. The number of hydrogen-bond donors (Lipinski definition) is 3. The van der Waals surface area contributed by atoms with E-state index < -0.39 is 0 Å². The van der Waals surface area contributed by atoms with Gasteiger partial charge in [-0.05, 0) is 18.2 Å². The van der Waals surface area contributed by atoms with Gasteiger partial charge in [-0.2, -0.15) is 5.10 Å². The number of rotatable bonds is 2. The zero-order chi connectivity index (χ0) is 14.2. The van der Waals surface area contributed by atoms with Crippen molar-refractivity contribution in [3.8, 4) is 22.5 Å². The topological polar surface area (TPSA) is 96.3 Å². The number of aromatic amines is 2. The number of benzene rings is 1. The number of pyridine rings is 1. The van der Waals surface area contributed by atoms with E-state index in [-0.39, 0.29) is 0 Å². The molecule has 0 saturated heterocycles. The first-order valence-corrected chi connectivity index (χ1v) is 6.51. The Bertz CT molecular complexity index is 874. The lowest BCUT2D eigenvalue weighted by molar-refractivity contribution is 1.09. The standard InChI is InChI=1S/C15H12N6/c16-14-11(5-9(6-17-14)10-7-18-19-8-10)15-20-12-3-1-2-4-13(12)21-15/h1-8H,(H2,16,17)(H,18,19)(H,20,21). The summed E-state index contributed by atoms with van der Waals surface area (Å²) in [4.78, 5) is 12.1. The number of H-pyrrole nitrogens is 2. The highest BCUT2D eigenvalue weighted by Crippen LogP contribution is 2.28. The predicted molar refractivity (Wildman–Crippen MR) is 81.3 cm³/mol. The number of hydrogen-bond acceptors (Lipinski definition) is 4. The van der Waals surface area contributed by atoms with E-state index in [2.05, 4.69) is 25.1 Å². The Kier molecular flexibility index (Phi) is 2.47. The number of nitrogens with one attached hydrogen (secondary N) is 2. The van der Waals surface area contributed by atoms with E-state index in [0.717, 1.165) is 27.7 Å². The van der Waals surface area contributed by atoms with Crippen LogP contribution in [0.25, 0.3) is 33.5 Å². The van der Waals surface area contributed by atoms with Crippen LogP contribution in [-0.4, -0.2) is 25.1 Å². The summed E-state index contributed by atoms with van der Waals surface area (Å²) in [5.41, 5.74) is 10.6. The summed E-state index contributed by atoms with van der Waals surface area (Å²) in [6.07, 6.45) is 5.29. The third kappa shape index (κ3) is 1.93. The molecule has 0 unspecified atom stereocenters. The summed E-state index contributed by atoms with van der Waals surface area (Å²) < 4.78 is 0. The molecule has 3 heterocycles. The van der Waals surface area contributed by atoms with Gasteiger partial charge in [0.2, 0.25) is 0 Å². The Hall–Kier alpha value is -3.15. The van der Waals surface area contributed by atoms with E-state index in [1.54, 1.807) is 12.4 Å². The van der Waals surface area contributed by atoms with E-state index in [1.165, 1.54) is 0 Å².